The van der Waals surface area contributed by atoms with Crippen LogP contribution in [-0.4, -0.2) is 4.98 Å². The molecule has 0 atom stereocenters. The van der Waals surface area contributed by atoms with Gasteiger partial charge in [-0.25, -0.2) is 4.98 Å². The highest BCUT2D eigenvalue weighted by atomic mass is 79.9. The molecular weight excluding hydrogens is 314 g/mol. The van der Waals surface area contributed by atoms with Crippen LogP contribution in [0.5, 0.6) is 0 Å². The first kappa shape index (κ1) is 11.7. The second kappa shape index (κ2) is 4.46. The number of nitrogens with zero attached hydrogens (tertiary/aromatic N) is 1. The van der Waals surface area contributed by atoms with Crippen molar-refractivity contribution < 1.29 is 4.42 Å². The quantitative estimate of drug-likeness (QED) is 0.468. The average molecular weight is 324 g/mol. The molecule has 0 unspecified atom stereocenters. The Morgan fingerprint density at radius 2 is 1.80 bits per heavy atom. The molecule has 2 nitrogen and oxygen atoms in total. The first-order valence-electron chi connectivity index (χ1n) is 6.35. The molecule has 3 aromatic carbocycles. The minimum absolute atomic E-state index is 0.651. The van der Waals surface area contributed by atoms with Gasteiger partial charge in [0, 0.05) is 15.4 Å². The Bertz CT molecular complexity index is 926. The second-order valence-corrected chi connectivity index (χ2v) is 5.58. The molecule has 0 aliphatic carbocycles. The number of oxazole rings is 1. The van der Waals surface area contributed by atoms with Crippen LogP contribution < -0.4 is 0 Å². The summed E-state index contributed by atoms with van der Waals surface area (Å²) < 4.78 is 7.01. The van der Waals surface area contributed by atoms with Crippen LogP contribution >= 0.6 is 15.9 Å². The molecule has 96 valence electrons. The van der Waals surface area contributed by atoms with Gasteiger partial charge < -0.3 is 4.42 Å². The molecule has 4 aromatic rings. The summed E-state index contributed by atoms with van der Waals surface area (Å²) in [6.45, 7) is 0. The maximum Gasteiger partial charge on any atom is 0.227 e. The van der Waals surface area contributed by atoms with Gasteiger partial charge in [0.1, 0.15) is 5.52 Å². The number of hydrogen-bond donors (Lipinski definition) is 0. The summed E-state index contributed by atoms with van der Waals surface area (Å²) >= 11 is 3.47. The van der Waals surface area contributed by atoms with E-state index in [0.29, 0.717) is 5.89 Å². The Morgan fingerprint density at radius 3 is 2.70 bits per heavy atom. The Hall–Kier alpha value is -2.13. The molecule has 0 spiro atoms. The van der Waals surface area contributed by atoms with Crippen molar-refractivity contribution in [2.45, 2.75) is 0 Å². The largest absolute Gasteiger partial charge is 0.435 e. The van der Waals surface area contributed by atoms with Gasteiger partial charge in [-0.1, -0.05) is 52.3 Å². The van der Waals surface area contributed by atoms with E-state index in [1.165, 1.54) is 0 Å². The summed E-state index contributed by atoms with van der Waals surface area (Å²) in [5.74, 6) is 0.651. The van der Waals surface area contributed by atoms with Gasteiger partial charge in [-0.05, 0) is 29.7 Å². The predicted molar refractivity (Wildman–Crippen MR) is 84.7 cm³/mol. The molecule has 0 aliphatic heterocycles. The Balaban J connectivity index is 2.01. The summed E-state index contributed by atoms with van der Waals surface area (Å²) in [7, 11) is 0. The van der Waals surface area contributed by atoms with Crippen LogP contribution in [0.3, 0.4) is 0 Å². The first-order chi connectivity index (χ1) is 9.81. The minimum atomic E-state index is 0.651. The minimum Gasteiger partial charge on any atom is -0.435 e. The fourth-order valence-electron chi connectivity index (χ4n) is 2.40. The van der Waals surface area contributed by atoms with Crippen molar-refractivity contribution >= 4 is 37.8 Å². The highest BCUT2D eigenvalue weighted by Gasteiger charge is 2.10. The Labute approximate surface area is 124 Å². The summed E-state index contributed by atoms with van der Waals surface area (Å²) in [4.78, 5) is 4.59. The van der Waals surface area contributed by atoms with Crippen LogP contribution in [0.4, 0.5) is 0 Å². The molecule has 4 rings (SSSR count). The molecule has 0 saturated heterocycles. The Morgan fingerprint density at radius 1 is 0.900 bits per heavy atom. The molecule has 0 bridgehead atoms. The second-order valence-electron chi connectivity index (χ2n) is 4.66. The molecule has 3 heteroatoms. The molecule has 1 heterocycles. The van der Waals surface area contributed by atoms with Gasteiger partial charge in [0.2, 0.25) is 5.89 Å². The zero-order valence-electron chi connectivity index (χ0n) is 10.5. The fraction of sp³-hybridized carbons (Fsp3) is 0. The first-order valence-corrected chi connectivity index (χ1v) is 7.15. The number of halogens is 1. The van der Waals surface area contributed by atoms with E-state index in [2.05, 4.69) is 39.1 Å². The van der Waals surface area contributed by atoms with Crippen LogP contribution in [0, 0.1) is 0 Å². The van der Waals surface area contributed by atoms with Crippen molar-refractivity contribution in [2.75, 3.05) is 0 Å². The Kier molecular flexibility index (Phi) is 2.60. The number of hydrogen-bond acceptors (Lipinski definition) is 2. The number of aromatic nitrogens is 1. The lowest BCUT2D eigenvalue weighted by molar-refractivity contribution is 0.623. The highest BCUT2D eigenvalue weighted by Crippen LogP contribution is 2.30. The SMILES string of the molecule is Brc1cccc(-c2nc3ccc4ccccc4c3o2)c1. The van der Waals surface area contributed by atoms with Crippen LogP contribution in [-0.2, 0) is 0 Å². The van der Waals surface area contributed by atoms with Crippen molar-refractivity contribution in [3.8, 4) is 11.5 Å². The van der Waals surface area contributed by atoms with E-state index >= 15 is 0 Å². The van der Waals surface area contributed by atoms with Gasteiger partial charge in [0.25, 0.3) is 0 Å². The van der Waals surface area contributed by atoms with Crippen molar-refractivity contribution in [1.29, 1.82) is 0 Å². The zero-order chi connectivity index (χ0) is 13.5. The molecule has 1 aromatic heterocycles. The molecule has 0 N–H and O–H groups in total. The van der Waals surface area contributed by atoms with E-state index in [1.807, 2.05) is 42.5 Å². The third-order valence-electron chi connectivity index (χ3n) is 3.35. The number of benzene rings is 3. The van der Waals surface area contributed by atoms with Crippen LogP contribution in [0.1, 0.15) is 0 Å². The van der Waals surface area contributed by atoms with E-state index < -0.39 is 0 Å². The summed E-state index contributed by atoms with van der Waals surface area (Å²) in [5.41, 5.74) is 2.71. The normalized spacial score (nSPS) is 11.2. The molecule has 0 amide bonds. The summed E-state index contributed by atoms with van der Waals surface area (Å²) in [6.07, 6.45) is 0. The fourth-order valence-corrected chi connectivity index (χ4v) is 2.80. The lowest BCUT2D eigenvalue weighted by Crippen LogP contribution is -1.76. The zero-order valence-corrected chi connectivity index (χ0v) is 12.1. The van der Waals surface area contributed by atoms with Crippen molar-refractivity contribution in [3.05, 3.63) is 65.1 Å². The third-order valence-corrected chi connectivity index (χ3v) is 3.84. The van der Waals surface area contributed by atoms with Crippen molar-refractivity contribution in [2.24, 2.45) is 0 Å². The van der Waals surface area contributed by atoms with Gasteiger partial charge >= 0.3 is 0 Å². The van der Waals surface area contributed by atoms with E-state index in [1.54, 1.807) is 0 Å². The molecule has 20 heavy (non-hydrogen) atoms. The van der Waals surface area contributed by atoms with Crippen LogP contribution in [0.2, 0.25) is 0 Å². The van der Waals surface area contributed by atoms with Crippen LogP contribution in [0.15, 0.2) is 69.6 Å². The van der Waals surface area contributed by atoms with Gasteiger partial charge in [-0.3, -0.25) is 0 Å². The molecule has 0 saturated carbocycles. The molecular formula is C17H10BrNO. The van der Waals surface area contributed by atoms with Crippen LogP contribution in [0.25, 0.3) is 33.3 Å². The monoisotopic (exact) mass is 323 g/mol. The van der Waals surface area contributed by atoms with Gasteiger partial charge in [0.05, 0.1) is 0 Å². The van der Waals surface area contributed by atoms with E-state index in [9.17, 15) is 0 Å². The lowest BCUT2D eigenvalue weighted by Gasteiger charge is -1.96. The topological polar surface area (TPSA) is 26.0 Å². The summed E-state index contributed by atoms with van der Waals surface area (Å²) in [6, 6.07) is 20.2. The number of rotatable bonds is 1. The van der Waals surface area contributed by atoms with Gasteiger partial charge in [0.15, 0.2) is 5.58 Å². The smallest absolute Gasteiger partial charge is 0.227 e. The summed E-state index contributed by atoms with van der Waals surface area (Å²) in [5, 5.41) is 2.26. The van der Waals surface area contributed by atoms with Crippen molar-refractivity contribution in [1.82, 2.24) is 4.98 Å². The van der Waals surface area contributed by atoms with E-state index in [-0.39, 0.29) is 0 Å². The van der Waals surface area contributed by atoms with Gasteiger partial charge in [-0.2, -0.15) is 0 Å². The van der Waals surface area contributed by atoms with Crippen molar-refractivity contribution in [3.63, 3.8) is 0 Å². The maximum absolute atomic E-state index is 5.99. The number of fused-ring (bicyclic) bond motifs is 3. The maximum atomic E-state index is 5.99. The van der Waals surface area contributed by atoms with Gasteiger partial charge in [-0.15, -0.1) is 0 Å². The third kappa shape index (κ3) is 1.82. The predicted octanol–water partition coefficient (Wildman–Crippen LogP) is 5.41. The van der Waals surface area contributed by atoms with E-state index in [4.69, 9.17) is 4.42 Å². The standard InChI is InChI=1S/C17H10BrNO/c18-13-6-3-5-12(10-13)17-19-15-9-8-11-4-1-2-7-14(11)16(15)20-17/h1-10H. The molecule has 0 radical (unpaired) electrons. The average Bonchev–Trinajstić information content (AvgIpc) is 2.92. The highest BCUT2D eigenvalue weighted by molar-refractivity contribution is 9.10. The lowest BCUT2D eigenvalue weighted by atomic mass is 10.1. The molecule has 0 fully saturated rings. The van der Waals surface area contributed by atoms with E-state index in [0.717, 1.165) is 31.9 Å². The molecule has 0 aliphatic rings.